The van der Waals surface area contributed by atoms with Crippen LogP contribution in [0.25, 0.3) is 0 Å². The number of nitrogens with one attached hydrogen (secondary N) is 1. The van der Waals surface area contributed by atoms with Gasteiger partial charge in [0.2, 0.25) is 0 Å². The zero-order valence-corrected chi connectivity index (χ0v) is 10.6. The molecule has 0 saturated heterocycles. The van der Waals surface area contributed by atoms with Crippen molar-refractivity contribution in [1.29, 1.82) is 0 Å². The highest BCUT2D eigenvalue weighted by molar-refractivity contribution is 5.77. The van der Waals surface area contributed by atoms with Crippen LogP contribution in [0.2, 0.25) is 0 Å². The smallest absolute Gasteiger partial charge is 0.188 e. The highest BCUT2D eigenvalue weighted by atomic mass is 16.5. The van der Waals surface area contributed by atoms with Crippen LogP contribution < -0.4 is 15.8 Å². The molecule has 0 saturated carbocycles. The van der Waals surface area contributed by atoms with Crippen molar-refractivity contribution in [2.45, 2.75) is 26.8 Å². The fourth-order valence-electron chi connectivity index (χ4n) is 1.41. The van der Waals surface area contributed by atoms with Crippen molar-refractivity contribution >= 4 is 5.96 Å². The predicted octanol–water partition coefficient (Wildman–Crippen LogP) is 1.90. The first-order valence-electron chi connectivity index (χ1n) is 6.02. The van der Waals surface area contributed by atoms with Crippen LogP contribution in [-0.2, 0) is 6.54 Å². The van der Waals surface area contributed by atoms with Gasteiger partial charge in [0, 0.05) is 12.1 Å². The van der Waals surface area contributed by atoms with Gasteiger partial charge in [-0.15, -0.1) is 0 Å². The lowest BCUT2D eigenvalue weighted by Gasteiger charge is -2.08. The molecule has 0 heterocycles. The van der Waals surface area contributed by atoms with Gasteiger partial charge in [-0.05, 0) is 19.4 Å². The van der Waals surface area contributed by atoms with E-state index in [4.69, 9.17) is 10.5 Å². The molecule has 1 rings (SSSR count). The van der Waals surface area contributed by atoms with E-state index in [0.29, 0.717) is 19.1 Å². The third-order valence-electron chi connectivity index (χ3n) is 2.25. The Morgan fingerprint density at radius 1 is 1.35 bits per heavy atom. The summed E-state index contributed by atoms with van der Waals surface area (Å²) in [7, 11) is 0. The summed E-state index contributed by atoms with van der Waals surface area (Å²) in [6.45, 7) is 6.10. The number of para-hydroxylation sites is 1. The first kappa shape index (κ1) is 13.4. The number of nitrogens with zero attached hydrogens (tertiary/aromatic N) is 1. The van der Waals surface area contributed by atoms with Crippen molar-refractivity contribution in [3.63, 3.8) is 0 Å². The summed E-state index contributed by atoms with van der Waals surface area (Å²) in [5.74, 6) is 1.36. The highest BCUT2D eigenvalue weighted by Crippen LogP contribution is 2.18. The van der Waals surface area contributed by atoms with Crippen molar-refractivity contribution < 1.29 is 4.74 Å². The van der Waals surface area contributed by atoms with Crippen LogP contribution in [0, 0.1) is 0 Å². The molecule has 4 nitrogen and oxygen atoms in total. The van der Waals surface area contributed by atoms with Gasteiger partial charge in [0.05, 0.1) is 13.2 Å². The van der Waals surface area contributed by atoms with E-state index in [9.17, 15) is 0 Å². The van der Waals surface area contributed by atoms with E-state index in [-0.39, 0.29) is 0 Å². The standard InChI is InChI=1S/C13H21N3O/c1-3-9-15-13(14)16-10-11-7-5-6-8-12(11)17-4-2/h5-8H,3-4,9-10H2,1-2H3,(H3,14,15,16). The first-order chi connectivity index (χ1) is 8.27. The first-order valence-corrected chi connectivity index (χ1v) is 6.02. The van der Waals surface area contributed by atoms with Gasteiger partial charge < -0.3 is 15.8 Å². The summed E-state index contributed by atoms with van der Waals surface area (Å²) in [6, 6.07) is 7.88. The Labute approximate surface area is 103 Å². The zero-order chi connectivity index (χ0) is 12.5. The Bertz CT molecular complexity index is 363. The van der Waals surface area contributed by atoms with Gasteiger partial charge in [-0.2, -0.15) is 0 Å². The number of hydrogen-bond acceptors (Lipinski definition) is 2. The molecule has 0 fully saturated rings. The van der Waals surface area contributed by atoms with E-state index in [1.54, 1.807) is 0 Å². The molecule has 0 bridgehead atoms. The number of rotatable bonds is 6. The summed E-state index contributed by atoms with van der Waals surface area (Å²) >= 11 is 0. The Kier molecular flexibility index (Phi) is 5.93. The fraction of sp³-hybridized carbons (Fsp3) is 0.462. The topological polar surface area (TPSA) is 59.6 Å². The summed E-state index contributed by atoms with van der Waals surface area (Å²) in [5.41, 5.74) is 6.78. The Morgan fingerprint density at radius 2 is 2.12 bits per heavy atom. The number of guanidine groups is 1. The van der Waals surface area contributed by atoms with Gasteiger partial charge >= 0.3 is 0 Å². The van der Waals surface area contributed by atoms with Gasteiger partial charge in [-0.1, -0.05) is 25.1 Å². The lowest BCUT2D eigenvalue weighted by Crippen LogP contribution is -2.32. The van der Waals surface area contributed by atoms with Crippen molar-refractivity contribution in [2.24, 2.45) is 10.7 Å². The molecule has 17 heavy (non-hydrogen) atoms. The minimum Gasteiger partial charge on any atom is -0.494 e. The molecule has 1 aromatic rings. The van der Waals surface area contributed by atoms with E-state index < -0.39 is 0 Å². The Balaban J connectivity index is 2.61. The predicted molar refractivity (Wildman–Crippen MR) is 71.2 cm³/mol. The van der Waals surface area contributed by atoms with E-state index in [2.05, 4.69) is 17.2 Å². The maximum Gasteiger partial charge on any atom is 0.188 e. The number of aliphatic imine (C=N–C) groups is 1. The van der Waals surface area contributed by atoms with Crippen molar-refractivity contribution in [2.75, 3.05) is 13.2 Å². The zero-order valence-electron chi connectivity index (χ0n) is 10.6. The second-order valence-corrected chi connectivity index (χ2v) is 3.67. The van der Waals surface area contributed by atoms with Crippen LogP contribution in [0.1, 0.15) is 25.8 Å². The van der Waals surface area contributed by atoms with E-state index in [1.807, 2.05) is 31.2 Å². The summed E-state index contributed by atoms with van der Waals surface area (Å²) in [5, 5.41) is 3.04. The van der Waals surface area contributed by atoms with Crippen LogP contribution in [0.3, 0.4) is 0 Å². The molecule has 0 aromatic heterocycles. The molecule has 0 aliphatic rings. The molecular weight excluding hydrogens is 214 g/mol. The van der Waals surface area contributed by atoms with Gasteiger partial charge in [0.1, 0.15) is 5.75 Å². The van der Waals surface area contributed by atoms with Crippen LogP contribution in [0.4, 0.5) is 0 Å². The normalized spacial score (nSPS) is 11.3. The Morgan fingerprint density at radius 3 is 2.82 bits per heavy atom. The lowest BCUT2D eigenvalue weighted by atomic mass is 10.2. The van der Waals surface area contributed by atoms with Crippen molar-refractivity contribution in [1.82, 2.24) is 5.32 Å². The molecule has 0 aliphatic carbocycles. The Hall–Kier alpha value is -1.71. The van der Waals surface area contributed by atoms with E-state index in [0.717, 1.165) is 24.3 Å². The molecule has 3 N–H and O–H groups in total. The van der Waals surface area contributed by atoms with Gasteiger partial charge in [0.25, 0.3) is 0 Å². The highest BCUT2D eigenvalue weighted by Gasteiger charge is 2.01. The summed E-state index contributed by atoms with van der Waals surface area (Å²) in [6.07, 6.45) is 1.03. The van der Waals surface area contributed by atoms with Crippen molar-refractivity contribution in [3.8, 4) is 5.75 Å². The van der Waals surface area contributed by atoms with Crippen molar-refractivity contribution in [3.05, 3.63) is 29.8 Å². The van der Waals surface area contributed by atoms with E-state index in [1.165, 1.54) is 0 Å². The maximum absolute atomic E-state index is 5.73. The summed E-state index contributed by atoms with van der Waals surface area (Å²) in [4.78, 5) is 4.28. The van der Waals surface area contributed by atoms with Gasteiger partial charge in [-0.3, -0.25) is 0 Å². The molecule has 94 valence electrons. The molecule has 0 unspecified atom stereocenters. The fourth-order valence-corrected chi connectivity index (χ4v) is 1.41. The molecule has 0 aliphatic heterocycles. The molecule has 0 radical (unpaired) electrons. The number of hydrogen-bond donors (Lipinski definition) is 2. The minimum absolute atomic E-state index is 0.484. The minimum atomic E-state index is 0.484. The quantitative estimate of drug-likeness (QED) is 0.585. The average molecular weight is 235 g/mol. The number of ether oxygens (including phenoxy) is 1. The monoisotopic (exact) mass is 235 g/mol. The molecule has 0 atom stereocenters. The molecule has 0 spiro atoms. The van der Waals surface area contributed by atoms with Crippen LogP contribution in [0.5, 0.6) is 5.75 Å². The second-order valence-electron chi connectivity index (χ2n) is 3.67. The number of nitrogens with two attached hydrogens (primary N) is 1. The van der Waals surface area contributed by atoms with Gasteiger partial charge in [-0.25, -0.2) is 4.99 Å². The SMILES string of the molecule is CCCNC(N)=NCc1ccccc1OCC. The molecular formula is C13H21N3O. The molecule has 0 amide bonds. The second kappa shape index (κ2) is 7.54. The van der Waals surface area contributed by atoms with E-state index >= 15 is 0 Å². The maximum atomic E-state index is 5.73. The average Bonchev–Trinajstić information content (AvgIpc) is 2.35. The third-order valence-corrected chi connectivity index (χ3v) is 2.25. The molecule has 4 heteroatoms. The largest absolute Gasteiger partial charge is 0.494 e. The van der Waals surface area contributed by atoms with Crippen LogP contribution >= 0.6 is 0 Å². The van der Waals surface area contributed by atoms with Crippen LogP contribution in [-0.4, -0.2) is 19.1 Å². The van der Waals surface area contributed by atoms with Gasteiger partial charge in [0.15, 0.2) is 5.96 Å². The third kappa shape index (κ3) is 4.76. The summed E-state index contributed by atoms with van der Waals surface area (Å²) < 4.78 is 5.52. The molecule has 1 aromatic carbocycles. The van der Waals surface area contributed by atoms with Crippen LogP contribution in [0.15, 0.2) is 29.3 Å². The number of benzene rings is 1. The lowest BCUT2D eigenvalue weighted by molar-refractivity contribution is 0.336.